The molecule has 2 rings (SSSR count). The van der Waals surface area contributed by atoms with E-state index in [2.05, 4.69) is 40.2 Å². The largest absolute Gasteiger partial charge is 0.382 e. The van der Waals surface area contributed by atoms with Crippen molar-refractivity contribution in [2.45, 2.75) is 6.42 Å². The summed E-state index contributed by atoms with van der Waals surface area (Å²) in [6.07, 6.45) is -0.118. The van der Waals surface area contributed by atoms with Crippen LogP contribution in [0.25, 0.3) is 10.9 Å². The molecule has 0 aromatic carbocycles. The summed E-state index contributed by atoms with van der Waals surface area (Å²) in [7, 11) is 0. The van der Waals surface area contributed by atoms with E-state index in [0.29, 0.717) is 0 Å². The molecule has 0 aliphatic heterocycles. The molecule has 0 saturated heterocycles. The summed E-state index contributed by atoms with van der Waals surface area (Å²) in [4.78, 5) is 27.2. The topological polar surface area (TPSA) is 192 Å². The molecule has 0 atom stereocenters. The second-order valence-electron chi connectivity index (χ2n) is 2.84. The molecule has 14 nitrogen and oxygen atoms in total. The molecule has 0 aliphatic rings. The molecule has 2 aromatic heterocycles. The van der Waals surface area contributed by atoms with E-state index in [-0.39, 0.29) is 18.1 Å². The minimum Gasteiger partial charge on any atom is -0.382 e. The quantitative estimate of drug-likeness (QED) is 0.524. The lowest BCUT2D eigenvalue weighted by Crippen LogP contribution is -1.93. The Bertz CT molecular complexity index is 552. The fourth-order valence-corrected chi connectivity index (χ4v) is 0.995. The van der Waals surface area contributed by atoms with Gasteiger partial charge in [0.2, 0.25) is 12.0 Å². The second kappa shape index (κ2) is 4.90. The smallest absolute Gasteiger partial charge is 0.202 e. The maximum absolute atomic E-state index is 10.0. The van der Waals surface area contributed by atoms with Gasteiger partial charge in [-0.3, -0.25) is 20.2 Å². The molecule has 0 fully saturated rings. The third-order valence-corrected chi connectivity index (χ3v) is 1.57. The lowest BCUT2D eigenvalue weighted by atomic mass is 10.4. The van der Waals surface area contributed by atoms with Crippen LogP contribution in [0.5, 0.6) is 0 Å². The standard InChI is InChI=1S/C5H2N8O6/c14-12(15)8-4-6-2(10-18-4)1-3-7-5(19-11-3)9-13(16)17/h1H2/q-2. The maximum atomic E-state index is 10.0. The van der Waals surface area contributed by atoms with Gasteiger partial charge in [0.15, 0.2) is 0 Å². The van der Waals surface area contributed by atoms with Gasteiger partial charge < -0.3 is 19.0 Å². The molecule has 14 heteroatoms. The van der Waals surface area contributed by atoms with Crippen LogP contribution >= 0.6 is 0 Å². The monoisotopic (exact) mass is 270 g/mol. The summed E-state index contributed by atoms with van der Waals surface area (Å²) in [5.74, 6) is -0.0110. The highest BCUT2D eigenvalue weighted by Gasteiger charge is 2.05. The fourth-order valence-electron chi connectivity index (χ4n) is 0.995. The molecule has 2 heterocycles. The molecule has 19 heavy (non-hydrogen) atoms. The average Bonchev–Trinajstić information content (AvgIpc) is 2.88. The number of nitro groups is 2. The predicted octanol–water partition coefficient (Wildman–Crippen LogP) is 0.437. The van der Waals surface area contributed by atoms with Crippen molar-refractivity contribution in [2.24, 2.45) is 0 Å². The van der Waals surface area contributed by atoms with Gasteiger partial charge in [0.1, 0.15) is 0 Å². The first-order valence-corrected chi connectivity index (χ1v) is 4.40. The normalized spacial score (nSPS) is 10.1. The minimum atomic E-state index is -1.00. The SMILES string of the molecule is O=[N+]([O-])[N-]c1nc(Cc2noc([N-][N+](=O)[O-])n2)no1. The number of hydrogen-bond donors (Lipinski definition) is 0. The van der Waals surface area contributed by atoms with Crippen molar-refractivity contribution in [1.82, 2.24) is 20.3 Å². The Morgan fingerprint density at radius 3 is 1.74 bits per heavy atom. The summed E-state index contributed by atoms with van der Waals surface area (Å²) in [5, 5.41) is 24.8. The summed E-state index contributed by atoms with van der Waals surface area (Å²) >= 11 is 0. The highest BCUT2D eigenvalue weighted by atomic mass is 16.7. The van der Waals surface area contributed by atoms with Gasteiger partial charge in [-0.25, -0.2) is 0 Å². The van der Waals surface area contributed by atoms with Crippen molar-refractivity contribution in [1.29, 1.82) is 0 Å². The van der Waals surface area contributed by atoms with E-state index >= 15 is 0 Å². The van der Waals surface area contributed by atoms with Gasteiger partial charge in [0.25, 0.3) is 0 Å². The average molecular weight is 270 g/mol. The fraction of sp³-hybridized carbons (Fsp3) is 0.200. The Morgan fingerprint density at radius 2 is 1.37 bits per heavy atom. The second-order valence-corrected chi connectivity index (χ2v) is 2.84. The third kappa shape index (κ3) is 3.32. The number of rotatable bonds is 6. The Kier molecular flexibility index (Phi) is 3.13. The molecule has 0 bridgehead atoms. The molecule has 0 saturated carbocycles. The zero-order valence-corrected chi connectivity index (χ0v) is 8.73. The minimum absolute atomic E-state index is 0.00551. The van der Waals surface area contributed by atoms with Crippen molar-refractivity contribution < 1.29 is 19.1 Å². The number of nitrogens with zero attached hydrogens (tertiary/aromatic N) is 8. The van der Waals surface area contributed by atoms with Crippen LogP contribution in [0.3, 0.4) is 0 Å². The lowest BCUT2D eigenvalue weighted by molar-refractivity contribution is -0.420. The van der Waals surface area contributed by atoms with Crippen molar-refractivity contribution in [3.05, 3.63) is 42.7 Å². The van der Waals surface area contributed by atoms with E-state index in [1.54, 1.807) is 0 Å². The van der Waals surface area contributed by atoms with Gasteiger partial charge in [0, 0.05) is 6.42 Å². The van der Waals surface area contributed by atoms with E-state index in [0.717, 1.165) is 0 Å². The Morgan fingerprint density at radius 1 is 0.947 bits per heavy atom. The van der Waals surface area contributed by atoms with Crippen LogP contribution in [0, 0.1) is 20.2 Å². The Balaban J connectivity index is 2.00. The van der Waals surface area contributed by atoms with Crippen LogP contribution < -0.4 is 0 Å². The van der Waals surface area contributed by atoms with Crippen LogP contribution in [-0.2, 0) is 6.42 Å². The van der Waals surface area contributed by atoms with Gasteiger partial charge in [-0.15, -0.1) is 0 Å². The number of aromatic nitrogens is 4. The highest BCUT2D eigenvalue weighted by Crippen LogP contribution is 2.17. The molecule has 0 amide bonds. The van der Waals surface area contributed by atoms with Crippen LogP contribution in [0.2, 0.25) is 0 Å². The first-order valence-electron chi connectivity index (χ1n) is 4.40. The van der Waals surface area contributed by atoms with Crippen LogP contribution in [-0.4, -0.2) is 30.3 Å². The zero-order valence-electron chi connectivity index (χ0n) is 8.73. The van der Waals surface area contributed by atoms with Gasteiger partial charge in [-0.05, 0) is 0 Å². The Hall–Kier alpha value is -3.32. The molecule has 0 N–H and O–H groups in total. The van der Waals surface area contributed by atoms with Crippen LogP contribution in [0.4, 0.5) is 12.0 Å². The van der Waals surface area contributed by atoms with E-state index in [1.807, 2.05) is 0 Å². The summed E-state index contributed by atoms with van der Waals surface area (Å²) < 4.78 is 8.86. The highest BCUT2D eigenvalue weighted by molar-refractivity contribution is 5.22. The molecule has 100 valence electrons. The summed E-state index contributed by atoms with van der Waals surface area (Å²) in [5.41, 5.74) is 5.55. The van der Waals surface area contributed by atoms with E-state index in [1.165, 1.54) is 0 Å². The number of hydrogen-bond acceptors (Lipinski definition) is 10. The molecular formula is C5H2N8O6-2. The van der Waals surface area contributed by atoms with E-state index in [9.17, 15) is 20.2 Å². The van der Waals surface area contributed by atoms with Crippen LogP contribution in [0.1, 0.15) is 11.6 Å². The predicted molar refractivity (Wildman–Crippen MR) is 51.4 cm³/mol. The molecular weight excluding hydrogens is 268 g/mol. The van der Waals surface area contributed by atoms with Gasteiger partial charge >= 0.3 is 0 Å². The first-order chi connectivity index (χ1) is 9.02. The van der Waals surface area contributed by atoms with Crippen molar-refractivity contribution in [3.8, 4) is 0 Å². The molecule has 0 radical (unpaired) electrons. The zero-order chi connectivity index (χ0) is 13.8. The third-order valence-electron chi connectivity index (χ3n) is 1.57. The van der Waals surface area contributed by atoms with E-state index < -0.39 is 22.1 Å². The van der Waals surface area contributed by atoms with Crippen molar-refractivity contribution in [3.63, 3.8) is 0 Å². The lowest BCUT2D eigenvalue weighted by Gasteiger charge is -1.96. The first kappa shape index (κ1) is 12.1. The van der Waals surface area contributed by atoms with Crippen molar-refractivity contribution >= 4 is 12.0 Å². The van der Waals surface area contributed by atoms with E-state index in [4.69, 9.17) is 0 Å². The Labute approximate surface area is 102 Å². The van der Waals surface area contributed by atoms with Gasteiger partial charge in [-0.1, -0.05) is 21.2 Å². The maximum Gasteiger partial charge on any atom is 0.202 e. The van der Waals surface area contributed by atoms with Crippen LogP contribution in [0.15, 0.2) is 9.05 Å². The van der Waals surface area contributed by atoms with Gasteiger partial charge in [-0.2, -0.15) is 0 Å². The van der Waals surface area contributed by atoms with Gasteiger partial charge in [0.05, 0.1) is 21.7 Å². The molecule has 2 aromatic rings. The molecule has 0 unspecified atom stereocenters. The molecule has 0 aliphatic carbocycles. The summed E-state index contributed by atoms with van der Waals surface area (Å²) in [6.45, 7) is 0. The summed E-state index contributed by atoms with van der Waals surface area (Å²) in [6, 6.07) is -1.09. The molecule has 0 spiro atoms. The van der Waals surface area contributed by atoms with Crippen molar-refractivity contribution in [2.75, 3.05) is 0 Å².